The van der Waals surface area contributed by atoms with Gasteiger partial charge in [-0.1, -0.05) is 0 Å². The minimum atomic E-state index is -0.501. The van der Waals surface area contributed by atoms with Gasteiger partial charge >= 0.3 is 0 Å². The van der Waals surface area contributed by atoms with E-state index in [0.717, 1.165) is 4.47 Å². The molecule has 0 spiro atoms. The first-order valence-corrected chi connectivity index (χ1v) is 5.07. The van der Waals surface area contributed by atoms with E-state index >= 15 is 0 Å². The second-order valence-corrected chi connectivity index (χ2v) is 3.78. The Morgan fingerprint density at radius 3 is 3.07 bits per heavy atom. The number of halogens is 1. The first-order chi connectivity index (χ1) is 6.72. The van der Waals surface area contributed by atoms with Crippen molar-refractivity contribution in [3.05, 3.63) is 22.9 Å². The van der Waals surface area contributed by atoms with Crippen molar-refractivity contribution >= 4 is 15.9 Å². The Morgan fingerprint density at radius 2 is 2.43 bits per heavy atom. The summed E-state index contributed by atoms with van der Waals surface area (Å²) >= 11 is 3.28. The molecular formula is C9H13BrN2O2. The lowest BCUT2D eigenvalue weighted by atomic mass is 10.4. The molecule has 4 nitrogen and oxygen atoms in total. The Balaban J connectivity index is 2.37. The van der Waals surface area contributed by atoms with Crippen LogP contribution in [-0.4, -0.2) is 36.4 Å². The summed E-state index contributed by atoms with van der Waals surface area (Å²) in [6.07, 6.45) is 2.78. The standard InChI is InChI=1S/C9H13BrN2O2/c1-11-4-8(13)6-14-9-2-7(10)3-12-5-9/h2-3,5,8,11,13H,4,6H2,1H3. The predicted molar refractivity (Wildman–Crippen MR) is 57.4 cm³/mol. The van der Waals surface area contributed by atoms with Gasteiger partial charge in [0.05, 0.1) is 6.20 Å². The first kappa shape index (κ1) is 11.4. The maximum atomic E-state index is 9.36. The number of hydrogen-bond donors (Lipinski definition) is 2. The van der Waals surface area contributed by atoms with Gasteiger partial charge in [-0.25, -0.2) is 0 Å². The lowest BCUT2D eigenvalue weighted by Gasteiger charge is -2.11. The van der Waals surface area contributed by atoms with Crippen LogP contribution in [0, 0.1) is 0 Å². The van der Waals surface area contributed by atoms with Gasteiger partial charge in [-0.15, -0.1) is 0 Å². The Bertz CT molecular complexity index is 283. The number of hydrogen-bond acceptors (Lipinski definition) is 4. The molecule has 1 aromatic heterocycles. The van der Waals surface area contributed by atoms with E-state index in [2.05, 4.69) is 26.2 Å². The quantitative estimate of drug-likeness (QED) is 0.823. The smallest absolute Gasteiger partial charge is 0.138 e. The monoisotopic (exact) mass is 260 g/mol. The van der Waals surface area contributed by atoms with Crippen molar-refractivity contribution in [1.82, 2.24) is 10.3 Å². The summed E-state index contributed by atoms with van der Waals surface area (Å²) < 4.78 is 6.18. The molecule has 1 unspecified atom stereocenters. The molecule has 14 heavy (non-hydrogen) atoms. The molecule has 0 aliphatic carbocycles. The molecule has 2 N–H and O–H groups in total. The van der Waals surface area contributed by atoms with Crippen molar-refractivity contribution in [3.8, 4) is 5.75 Å². The molecule has 1 heterocycles. The largest absolute Gasteiger partial charge is 0.489 e. The summed E-state index contributed by atoms with van der Waals surface area (Å²) in [6.45, 7) is 0.778. The molecule has 1 atom stereocenters. The van der Waals surface area contributed by atoms with E-state index in [1.165, 1.54) is 0 Å². The highest BCUT2D eigenvalue weighted by atomic mass is 79.9. The zero-order valence-corrected chi connectivity index (χ0v) is 9.49. The topological polar surface area (TPSA) is 54.4 Å². The van der Waals surface area contributed by atoms with E-state index < -0.39 is 6.10 Å². The molecule has 1 rings (SSSR count). The van der Waals surface area contributed by atoms with Crippen LogP contribution in [0.3, 0.4) is 0 Å². The maximum Gasteiger partial charge on any atom is 0.138 e. The lowest BCUT2D eigenvalue weighted by Crippen LogP contribution is -2.29. The van der Waals surface area contributed by atoms with Crippen LogP contribution >= 0.6 is 15.9 Å². The Labute approximate surface area is 91.4 Å². The second kappa shape index (κ2) is 5.95. The summed E-state index contributed by atoms with van der Waals surface area (Å²) in [5, 5.41) is 12.2. The van der Waals surface area contributed by atoms with Crippen LogP contribution in [0.1, 0.15) is 0 Å². The van der Waals surface area contributed by atoms with Gasteiger partial charge in [0.15, 0.2) is 0 Å². The molecule has 0 fully saturated rings. The summed E-state index contributed by atoms with van der Waals surface area (Å²) in [4.78, 5) is 3.94. The van der Waals surface area contributed by atoms with Crippen LogP contribution in [0.25, 0.3) is 0 Å². The van der Waals surface area contributed by atoms with E-state index in [0.29, 0.717) is 12.3 Å². The normalized spacial score (nSPS) is 12.5. The zero-order chi connectivity index (χ0) is 10.4. The molecule has 0 amide bonds. The van der Waals surface area contributed by atoms with E-state index in [1.807, 2.05) is 0 Å². The summed E-state index contributed by atoms with van der Waals surface area (Å²) in [5.74, 6) is 0.648. The highest BCUT2D eigenvalue weighted by Gasteiger charge is 2.03. The van der Waals surface area contributed by atoms with Gasteiger partial charge in [0.1, 0.15) is 18.5 Å². The van der Waals surface area contributed by atoms with E-state index in [-0.39, 0.29) is 6.61 Å². The molecule has 0 radical (unpaired) electrons. The number of aromatic nitrogens is 1. The SMILES string of the molecule is CNCC(O)COc1cncc(Br)c1. The Hall–Kier alpha value is -0.650. The van der Waals surface area contributed by atoms with E-state index in [4.69, 9.17) is 4.74 Å². The minimum absolute atomic E-state index is 0.263. The molecule has 0 aromatic carbocycles. The number of pyridine rings is 1. The third kappa shape index (κ3) is 4.04. The van der Waals surface area contributed by atoms with Gasteiger partial charge in [-0.2, -0.15) is 0 Å². The van der Waals surface area contributed by atoms with Gasteiger partial charge in [-0.05, 0) is 29.0 Å². The third-order valence-electron chi connectivity index (χ3n) is 1.56. The van der Waals surface area contributed by atoms with Crippen molar-refractivity contribution in [3.63, 3.8) is 0 Å². The average Bonchev–Trinajstić information content (AvgIpc) is 2.15. The number of nitrogens with one attached hydrogen (secondary N) is 1. The molecule has 0 aliphatic rings. The van der Waals surface area contributed by atoms with Crippen LogP contribution in [0.15, 0.2) is 22.9 Å². The van der Waals surface area contributed by atoms with Crippen molar-refractivity contribution in [2.45, 2.75) is 6.10 Å². The molecule has 0 bridgehead atoms. The fourth-order valence-corrected chi connectivity index (χ4v) is 1.30. The predicted octanol–water partition coefficient (Wildman–Crippen LogP) is 0.803. The highest BCUT2D eigenvalue weighted by molar-refractivity contribution is 9.10. The number of likely N-dealkylation sites (N-methyl/N-ethyl adjacent to an activating group) is 1. The highest BCUT2D eigenvalue weighted by Crippen LogP contribution is 2.15. The second-order valence-electron chi connectivity index (χ2n) is 2.86. The summed E-state index contributed by atoms with van der Waals surface area (Å²) in [7, 11) is 1.78. The number of aliphatic hydroxyl groups excluding tert-OH is 1. The third-order valence-corrected chi connectivity index (χ3v) is 2.00. The molecule has 78 valence electrons. The number of rotatable bonds is 5. The van der Waals surface area contributed by atoms with Crippen molar-refractivity contribution in [1.29, 1.82) is 0 Å². The molecule has 1 aromatic rings. The maximum absolute atomic E-state index is 9.36. The van der Waals surface area contributed by atoms with Crippen LogP contribution in [0.4, 0.5) is 0 Å². The first-order valence-electron chi connectivity index (χ1n) is 4.28. The van der Waals surface area contributed by atoms with Crippen molar-refractivity contribution in [2.75, 3.05) is 20.2 Å². The summed E-state index contributed by atoms with van der Waals surface area (Å²) in [5.41, 5.74) is 0. The van der Waals surface area contributed by atoms with E-state index in [1.54, 1.807) is 25.5 Å². The van der Waals surface area contributed by atoms with E-state index in [9.17, 15) is 5.11 Å². The molecular weight excluding hydrogens is 248 g/mol. The molecule has 5 heteroatoms. The number of aliphatic hydroxyl groups is 1. The lowest BCUT2D eigenvalue weighted by molar-refractivity contribution is 0.108. The molecule has 0 aliphatic heterocycles. The fraction of sp³-hybridized carbons (Fsp3) is 0.444. The van der Waals surface area contributed by atoms with Crippen molar-refractivity contribution in [2.24, 2.45) is 0 Å². The number of nitrogens with zero attached hydrogens (tertiary/aromatic N) is 1. The fourth-order valence-electron chi connectivity index (χ4n) is 0.958. The average molecular weight is 261 g/mol. The van der Waals surface area contributed by atoms with Gasteiger partial charge in [-0.3, -0.25) is 4.98 Å². The van der Waals surface area contributed by atoms with Gasteiger partial charge in [0.2, 0.25) is 0 Å². The van der Waals surface area contributed by atoms with Crippen LogP contribution in [-0.2, 0) is 0 Å². The van der Waals surface area contributed by atoms with Crippen LogP contribution in [0.5, 0.6) is 5.75 Å². The van der Waals surface area contributed by atoms with Crippen LogP contribution < -0.4 is 10.1 Å². The zero-order valence-electron chi connectivity index (χ0n) is 7.90. The number of ether oxygens (including phenoxy) is 1. The van der Waals surface area contributed by atoms with Gasteiger partial charge < -0.3 is 15.2 Å². The Morgan fingerprint density at radius 1 is 1.64 bits per heavy atom. The summed E-state index contributed by atoms with van der Waals surface area (Å²) in [6, 6.07) is 1.80. The van der Waals surface area contributed by atoms with Gasteiger partial charge in [0.25, 0.3) is 0 Å². The Kier molecular flexibility index (Phi) is 4.86. The minimum Gasteiger partial charge on any atom is -0.489 e. The van der Waals surface area contributed by atoms with Crippen LogP contribution in [0.2, 0.25) is 0 Å². The van der Waals surface area contributed by atoms with Gasteiger partial charge in [0, 0.05) is 17.2 Å². The molecule has 0 saturated carbocycles. The van der Waals surface area contributed by atoms with Crippen molar-refractivity contribution < 1.29 is 9.84 Å². The molecule has 0 saturated heterocycles.